The van der Waals surface area contributed by atoms with Crippen LogP contribution >= 0.6 is 0 Å². The molecule has 52 heteroatoms. The third-order valence-corrected chi connectivity index (χ3v) is 21.1. The Kier molecular flexibility index (Phi) is 35.1. The van der Waals surface area contributed by atoms with Crippen LogP contribution in [0.2, 0.25) is 0 Å². The Labute approximate surface area is 669 Å². The van der Waals surface area contributed by atoms with E-state index in [4.69, 9.17) is 80.5 Å². The van der Waals surface area contributed by atoms with E-state index < -0.39 is 371 Å². The topological polar surface area (TPSA) is 797 Å². The lowest BCUT2D eigenvalue weighted by atomic mass is 9.93. The fourth-order valence-electron chi connectivity index (χ4n) is 15.2. The fraction of sp³-hybridized carbons (Fsp3) is 0.909. The van der Waals surface area contributed by atoms with Crippen LogP contribution in [0.4, 0.5) is 0 Å². The second-order valence-electron chi connectivity index (χ2n) is 29.7. The van der Waals surface area contributed by atoms with Gasteiger partial charge in [-0.15, -0.1) is 0 Å². The number of aliphatic hydroxyl groups excluding tert-OH is 23. The molecule has 0 aromatic rings. The highest BCUT2D eigenvalue weighted by Gasteiger charge is 2.61. The van der Waals surface area contributed by atoms with Crippen molar-refractivity contribution >= 4 is 35.4 Å². The first-order valence-electron chi connectivity index (χ1n) is 37.6. The summed E-state index contributed by atoms with van der Waals surface area (Å²) in [5.74, 6) is -5.29. The summed E-state index contributed by atoms with van der Waals surface area (Å²) < 4.78 is 103. The lowest BCUT2D eigenvalue weighted by Crippen LogP contribution is -2.71. The van der Waals surface area contributed by atoms with Gasteiger partial charge in [0.2, 0.25) is 35.4 Å². The minimum atomic E-state index is -2.65. The molecule has 6 amide bonds. The van der Waals surface area contributed by atoms with E-state index in [9.17, 15) is 146 Å². The van der Waals surface area contributed by atoms with Crippen molar-refractivity contribution < 1.29 is 227 Å². The minimum absolute atomic E-state index is 0.801. The number of carbonyl (C=O) groups is 6. The zero-order valence-electron chi connectivity index (χ0n) is 64.0. The second-order valence-corrected chi connectivity index (χ2v) is 29.7. The Morgan fingerprint density at radius 1 is 0.220 bits per heavy atom. The summed E-state index contributed by atoms with van der Waals surface area (Å²) in [6.07, 6.45) is -82.3. The Morgan fingerprint density at radius 3 is 0.847 bits per heavy atom. The van der Waals surface area contributed by atoms with E-state index in [-0.39, 0.29) is 0 Å². The van der Waals surface area contributed by atoms with Crippen LogP contribution in [0.1, 0.15) is 41.5 Å². The summed E-state index contributed by atoms with van der Waals surface area (Å²) in [5, 5.41) is 274. The first kappa shape index (κ1) is 97.0. The highest BCUT2D eigenvalue weighted by molar-refractivity contribution is 5.75. The van der Waals surface area contributed by atoms with E-state index >= 15 is 0 Å². The molecule has 45 atom stereocenters. The number of nitrogens with one attached hydrogen (secondary N) is 6. The molecule has 29 N–H and O–H groups in total. The number of aliphatic hydroxyl groups is 23. The van der Waals surface area contributed by atoms with Gasteiger partial charge in [-0.2, -0.15) is 0 Å². The van der Waals surface area contributed by atoms with E-state index in [0.717, 1.165) is 41.5 Å². The average Bonchev–Trinajstić information content (AvgIpc) is 0.760. The smallest absolute Gasteiger partial charge is 0.217 e. The Morgan fingerprint density at radius 2 is 0.466 bits per heavy atom. The summed E-state index contributed by atoms with van der Waals surface area (Å²) >= 11 is 0. The molecule has 0 aliphatic carbocycles. The monoisotopic (exact) mass is 1720 g/mol. The van der Waals surface area contributed by atoms with Crippen molar-refractivity contribution in [2.45, 2.75) is 318 Å². The molecular formula is C66H110N6O46. The SMILES string of the molecule is CC(=O)N[C@@H]1[C@@H](O)[C@H](O[C@@H]2O[C@H](CO)[C@@H](O[C@@H]3O[C@H](CO[C@H]4O[C@H](CO[C@H]5O[C@H](CO)[C@@H](O)[C@H](O)[C@H]5NC(C)=O)[C@@H](O)[C@H](O)[C@@H]4O[C@@H]4O[C@H](CO)[C@@H](O)[C@H](O)[C@H]4NC(C)=O)[C@@H](O)[C@H](O[C@H]4O[C@H](CO)[C@@H](O[C@@H]5O[C@H](CO)[C@@H](O)[C@H](O)[C@H]5NC(C)=O)[C@H](O)[C@@H]4O[C@@H]4O[C@H](CO)[C@@H](O)[C@H](O)[C@H]4NC(C)=O)[C@@H]3O)[C@H](O)[C@H]2NC(C)=O)[C@@H](CO)O[C@H]1O. The van der Waals surface area contributed by atoms with Crippen molar-refractivity contribution in [1.29, 1.82) is 0 Å². The third-order valence-electron chi connectivity index (χ3n) is 21.1. The second kappa shape index (κ2) is 42.7. The molecule has 9 aliphatic rings. The molecule has 0 aromatic heterocycles. The van der Waals surface area contributed by atoms with Crippen molar-refractivity contribution in [3.63, 3.8) is 0 Å². The van der Waals surface area contributed by atoms with Gasteiger partial charge in [-0.1, -0.05) is 0 Å². The van der Waals surface area contributed by atoms with Gasteiger partial charge >= 0.3 is 0 Å². The van der Waals surface area contributed by atoms with Gasteiger partial charge in [0.25, 0.3) is 0 Å². The van der Waals surface area contributed by atoms with Gasteiger partial charge < -0.3 is 230 Å². The van der Waals surface area contributed by atoms with Crippen LogP contribution in [0.15, 0.2) is 0 Å². The predicted molar refractivity (Wildman–Crippen MR) is 367 cm³/mol. The molecule has 52 nitrogen and oxygen atoms in total. The first-order valence-corrected chi connectivity index (χ1v) is 37.6. The minimum Gasteiger partial charge on any atom is -0.394 e. The number of amides is 6. The lowest BCUT2D eigenvalue weighted by Gasteiger charge is -2.51. The van der Waals surface area contributed by atoms with E-state index in [2.05, 4.69) is 31.9 Å². The summed E-state index contributed by atoms with van der Waals surface area (Å²) in [6.45, 7) is -4.10. The van der Waals surface area contributed by atoms with E-state index in [1.54, 1.807) is 0 Å². The van der Waals surface area contributed by atoms with E-state index in [0.29, 0.717) is 0 Å². The zero-order chi connectivity index (χ0) is 87.1. The van der Waals surface area contributed by atoms with Crippen LogP contribution in [0.3, 0.4) is 0 Å². The quantitative estimate of drug-likeness (QED) is 0.0306. The molecular weight excluding hydrogens is 1610 g/mol. The molecule has 9 fully saturated rings. The van der Waals surface area contributed by atoms with Crippen LogP contribution in [-0.2, 0) is 109 Å². The maximum absolute atomic E-state index is 13.1. The summed E-state index contributed by atoms with van der Waals surface area (Å²) in [4.78, 5) is 75.9. The molecule has 0 aromatic carbocycles. The van der Waals surface area contributed by atoms with Crippen molar-refractivity contribution in [2.75, 3.05) is 59.5 Å². The molecule has 0 saturated carbocycles. The maximum atomic E-state index is 13.1. The standard InChI is InChI=1S/C66H110N6O46/c1-16(80)67-31-47(96)52(26(11-77)104-58(31)101)113-63-36(72-21(6)85)48(97)53(27(12-78)109-63)115-64-51(100)55(116-66-57(118-62-35(71-20(5)84)46(95)40(89)25(10-76)108-62)50(99)54(28(13-79)110-66)114-60-33(69-18(3)82)44(93)38(87)23(8-74)106-60)42(91)30(111-64)15-103-65-56(117-61-34(70-19(4)83)45(94)39(88)24(9-75)107-61)49(98)41(90)29(112-65)14-102-59-32(68-17(2)81)43(92)37(86)22(7-73)105-59/h22-66,73-79,86-101H,7-15H2,1-6H3,(H,67,80)(H,68,81)(H,69,82)(H,70,83)(H,71,84)(H,72,85)/t22-,23-,24-,25-,26-,27-,28-,29-,30-,31-,32-,33-,34-,35-,36-,37-,38-,39-,40-,41-,42-,43-,44-,45-,46-,47-,48-,49+,50+,51+,52-,53-,54-,55+,56+,57+,58-,59+,60+,61+,62+,63+,64+,65+,66-/m1/s1. The van der Waals surface area contributed by atoms with Crippen molar-refractivity contribution in [2.24, 2.45) is 0 Å². The van der Waals surface area contributed by atoms with E-state index in [1.165, 1.54) is 0 Å². The number of ether oxygens (including phenoxy) is 17. The first-order chi connectivity index (χ1) is 55.8. The number of rotatable bonds is 31. The van der Waals surface area contributed by atoms with Gasteiger partial charge in [0.1, 0.15) is 219 Å². The molecule has 680 valence electrons. The van der Waals surface area contributed by atoms with Gasteiger partial charge in [-0.05, 0) is 0 Å². The van der Waals surface area contributed by atoms with Crippen molar-refractivity contribution in [1.82, 2.24) is 31.9 Å². The molecule has 0 bridgehead atoms. The Bertz CT molecular complexity index is 3230. The van der Waals surface area contributed by atoms with Gasteiger partial charge in [0.15, 0.2) is 56.6 Å². The Balaban J connectivity index is 1.13. The normalized spacial score (nSPS) is 46.9. The van der Waals surface area contributed by atoms with Gasteiger partial charge in [0, 0.05) is 41.5 Å². The van der Waals surface area contributed by atoms with E-state index in [1.807, 2.05) is 0 Å². The third kappa shape index (κ3) is 22.1. The van der Waals surface area contributed by atoms with Gasteiger partial charge in [0.05, 0.1) is 59.5 Å². The van der Waals surface area contributed by atoms with Crippen LogP contribution in [0.25, 0.3) is 0 Å². The van der Waals surface area contributed by atoms with Crippen LogP contribution < -0.4 is 31.9 Å². The molecule has 9 rings (SSSR count). The van der Waals surface area contributed by atoms with Crippen molar-refractivity contribution in [3.05, 3.63) is 0 Å². The molecule has 0 spiro atoms. The highest BCUT2D eigenvalue weighted by atomic mass is 16.8. The van der Waals surface area contributed by atoms with Gasteiger partial charge in [-0.3, -0.25) is 28.8 Å². The highest BCUT2D eigenvalue weighted by Crippen LogP contribution is 2.40. The molecule has 118 heavy (non-hydrogen) atoms. The fourth-order valence-corrected chi connectivity index (χ4v) is 15.2. The Hall–Kier alpha value is -4.78. The predicted octanol–water partition coefficient (Wildman–Crippen LogP) is -19.8. The number of hydrogen-bond donors (Lipinski definition) is 29. The average molecular weight is 1720 g/mol. The van der Waals surface area contributed by atoms with Crippen LogP contribution in [-0.4, -0.2) is 488 Å². The summed E-state index contributed by atoms with van der Waals surface area (Å²) in [5.41, 5.74) is 0. The molecule has 0 radical (unpaired) electrons. The number of hydrogen-bond acceptors (Lipinski definition) is 46. The van der Waals surface area contributed by atoms with Crippen LogP contribution in [0.5, 0.6) is 0 Å². The van der Waals surface area contributed by atoms with Crippen LogP contribution in [0, 0.1) is 0 Å². The molecule has 9 aliphatic heterocycles. The number of carbonyl (C=O) groups excluding carboxylic acids is 6. The molecule has 0 unspecified atom stereocenters. The largest absolute Gasteiger partial charge is 0.394 e. The zero-order valence-corrected chi connectivity index (χ0v) is 64.0. The van der Waals surface area contributed by atoms with Crippen molar-refractivity contribution in [3.8, 4) is 0 Å². The molecule has 9 heterocycles. The van der Waals surface area contributed by atoms with Gasteiger partial charge in [-0.25, -0.2) is 0 Å². The summed E-state index contributed by atoms with van der Waals surface area (Å²) in [7, 11) is 0. The maximum Gasteiger partial charge on any atom is 0.217 e. The molecule has 9 saturated heterocycles. The lowest BCUT2D eigenvalue weighted by molar-refractivity contribution is -0.403. The summed E-state index contributed by atoms with van der Waals surface area (Å²) in [6, 6.07) is -10.8.